The van der Waals surface area contributed by atoms with Gasteiger partial charge in [-0.1, -0.05) is 164 Å². The first-order chi connectivity index (χ1) is 27.4. The minimum absolute atomic E-state index is 0.103. The molecule has 1 fully saturated rings. The highest BCUT2D eigenvalue weighted by Gasteiger charge is 2.44. The van der Waals surface area contributed by atoms with Crippen LogP contribution in [-0.2, 0) is 23.7 Å². The molecule has 0 saturated carbocycles. The van der Waals surface area contributed by atoms with E-state index in [0.29, 0.717) is 13.0 Å². The predicted octanol–water partition coefficient (Wildman–Crippen LogP) is 9.69. The van der Waals surface area contributed by atoms with Crippen molar-refractivity contribution in [2.24, 2.45) is 0 Å². The van der Waals surface area contributed by atoms with Crippen LogP contribution in [0.1, 0.15) is 155 Å². The Hall–Kier alpha value is -2.37. The minimum Gasteiger partial charge on any atom is -0.457 e. The molecule has 1 aliphatic rings. The molecule has 1 rings (SSSR count). The number of hydrogen-bond donors (Lipinski definition) is 4. The summed E-state index contributed by atoms with van der Waals surface area (Å²) in [4.78, 5) is 12.7. The molecule has 9 heteroatoms. The predicted molar refractivity (Wildman–Crippen MR) is 228 cm³/mol. The number of hydrogen-bond acceptors (Lipinski definition) is 9. The largest absolute Gasteiger partial charge is 0.457 e. The van der Waals surface area contributed by atoms with Crippen molar-refractivity contribution >= 4 is 5.97 Å². The van der Waals surface area contributed by atoms with E-state index in [1.165, 1.54) is 64.2 Å². The van der Waals surface area contributed by atoms with E-state index in [4.69, 9.17) is 18.9 Å². The normalized spacial score (nSPS) is 21.3. The van der Waals surface area contributed by atoms with Gasteiger partial charge in [-0.2, -0.15) is 0 Å². The second kappa shape index (κ2) is 38.2. The average Bonchev–Trinajstić information content (AvgIpc) is 3.20. The summed E-state index contributed by atoms with van der Waals surface area (Å²) in [6, 6.07) is 0. The van der Waals surface area contributed by atoms with E-state index in [1.54, 1.807) is 0 Å². The maximum Gasteiger partial charge on any atom is 0.306 e. The fourth-order valence-electron chi connectivity index (χ4n) is 6.21. The first kappa shape index (κ1) is 51.6. The van der Waals surface area contributed by atoms with Crippen LogP contribution in [0.15, 0.2) is 72.9 Å². The number of carbonyl (C=O) groups is 1. The molecule has 0 radical (unpaired) electrons. The average molecular weight is 789 g/mol. The van der Waals surface area contributed by atoms with Crippen LogP contribution >= 0.6 is 0 Å². The highest BCUT2D eigenvalue weighted by Crippen LogP contribution is 2.22. The molecular weight excluding hydrogens is 709 g/mol. The van der Waals surface area contributed by atoms with Crippen molar-refractivity contribution in [2.75, 3.05) is 26.4 Å². The number of allylic oxidation sites excluding steroid dienone is 12. The molecule has 0 aromatic heterocycles. The van der Waals surface area contributed by atoms with Crippen LogP contribution in [0.25, 0.3) is 0 Å². The van der Waals surface area contributed by atoms with Gasteiger partial charge in [-0.25, -0.2) is 0 Å². The fourth-order valence-corrected chi connectivity index (χ4v) is 6.21. The lowest BCUT2D eigenvalue weighted by Crippen LogP contribution is -2.59. The molecule has 0 amide bonds. The summed E-state index contributed by atoms with van der Waals surface area (Å²) in [5, 5.41) is 40.1. The van der Waals surface area contributed by atoms with Gasteiger partial charge in [0, 0.05) is 13.0 Å². The van der Waals surface area contributed by atoms with Crippen molar-refractivity contribution in [3.8, 4) is 0 Å². The van der Waals surface area contributed by atoms with Crippen LogP contribution < -0.4 is 0 Å². The fraction of sp³-hybridized carbons (Fsp3) is 0.723. The summed E-state index contributed by atoms with van der Waals surface area (Å²) in [7, 11) is 0. The van der Waals surface area contributed by atoms with E-state index in [2.05, 4.69) is 86.8 Å². The molecule has 0 aromatic rings. The number of unbranched alkanes of at least 4 members (excludes halogenated alkanes) is 13. The molecule has 1 heterocycles. The quantitative estimate of drug-likeness (QED) is 0.0278. The lowest BCUT2D eigenvalue weighted by Gasteiger charge is -2.39. The van der Waals surface area contributed by atoms with Gasteiger partial charge < -0.3 is 39.4 Å². The van der Waals surface area contributed by atoms with E-state index in [0.717, 1.165) is 70.6 Å². The molecule has 4 N–H and O–H groups in total. The third kappa shape index (κ3) is 28.9. The summed E-state index contributed by atoms with van der Waals surface area (Å²) in [5.41, 5.74) is 0. The van der Waals surface area contributed by atoms with Crippen molar-refractivity contribution in [2.45, 2.75) is 192 Å². The number of carbonyl (C=O) groups excluding carboxylic acids is 1. The Morgan fingerprint density at radius 3 is 1.57 bits per heavy atom. The van der Waals surface area contributed by atoms with Crippen LogP contribution in [0.2, 0.25) is 0 Å². The molecule has 56 heavy (non-hydrogen) atoms. The number of aliphatic hydroxyl groups excluding tert-OH is 4. The van der Waals surface area contributed by atoms with Crippen LogP contribution in [0.5, 0.6) is 0 Å². The van der Waals surface area contributed by atoms with Gasteiger partial charge in [-0.15, -0.1) is 0 Å². The zero-order valence-electron chi connectivity index (χ0n) is 35.1. The van der Waals surface area contributed by atoms with Crippen molar-refractivity contribution in [1.82, 2.24) is 0 Å². The monoisotopic (exact) mass is 789 g/mol. The summed E-state index contributed by atoms with van der Waals surface area (Å²) in [5.74, 6) is -0.336. The summed E-state index contributed by atoms with van der Waals surface area (Å²) < 4.78 is 22.7. The van der Waals surface area contributed by atoms with Crippen LogP contribution in [-0.4, -0.2) is 89.6 Å². The molecule has 6 atom stereocenters. The van der Waals surface area contributed by atoms with Gasteiger partial charge in [0.2, 0.25) is 0 Å². The standard InChI is InChI=1S/C47H80O9/c1-3-5-7-9-11-13-15-17-18-19-20-21-22-23-25-27-29-31-33-35-37-53-39-41(40-54-47-46(52)45(51)44(50)42(38-48)56-47)55-43(49)36-34-32-30-28-26-24-16-14-12-10-8-6-4-2/h5,7,11,13,17-18,20-21,23,25,29,31,41-42,44-48,50-52H,3-4,6,8-10,12,14-16,19,22,24,26-28,30,32-40H2,1-2H3/b7-5-,13-11-,18-17-,21-20-,25-23-,31-29-. The number of aliphatic hydroxyl groups is 4. The molecular formula is C47H80O9. The van der Waals surface area contributed by atoms with Gasteiger partial charge in [-0.05, 0) is 57.8 Å². The number of esters is 1. The second-order valence-electron chi connectivity index (χ2n) is 14.8. The zero-order valence-corrected chi connectivity index (χ0v) is 35.1. The summed E-state index contributed by atoms with van der Waals surface area (Å²) >= 11 is 0. The van der Waals surface area contributed by atoms with Crippen LogP contribution in [0.3, 0.4) is 0 Å². The van der Waals surface area contributed by atoms with Gasteiger partial charge in [0.05, 0.1) is 19.8 Å². The lowest BCUT2D eigenvalue weighted by molar-refractivity contribution is -0.305. The molecule has 0 aromatic carbocycles. The molecule has 322 valence electrons. The SMILES string of the molecule is CC/C=C\C/C=C\C/C=C\C/C=C\C/C=C\C/C=C\CCCOCC(COC1OC(CO)C(O)C(O)C1O)OC(=O)CCCCCCCCCCCCCCC. The van der Waals surface area contributed by atoms with Crippen LogP contribution in [0, 0.1) is 0 Å². The summed E-state index contributed by atoms with van der Waals surface area (Å²) in [6.45, 7) is 4.28. The first-order valence-corrected chi connectivity index (χ1v) is 22.0. The molecule has 1 aliphatic heterocycles. The highest BCUT2D eigenvalue weighted by molar-refractivity contribution is 5.69. The van der Waals surface area contributed by atoms with Gasteiger partial charge in [0.25, 0.3) is 0 Å². The van der Waals surface area contributed by atoms with Crippen LogP contribution in [0.4, 0.5) is 0 Å². The minimum atomic E-state index is -1.55. The third-order valence-corrected chi connectivity index (χ3v) is 9.64. The Balaban J connectivity index is 2.33. The Morgan fingerprint density at radius 2 is 1.07 bits per heavy atom. The third-order valence-electron chi connectivity index (χ3n) is 9.64. The maximum absolute atomic E-state index is 12.7. The lowest BCUT2D eigenvalue weighted by atomic mass is 9.99. The van der Waals surface area contributed by atoms with Gasteiger partial charge in [-0.3, -0.25) is 4.79 Å². The van der Waals surface area contributed by atoms with Gasteiger partial charge in [0.15, 0.2) is 6.29 Å². The smallest absolute Gasteiger partial charge is 0.306 e. The number of ether oxygens (including phenoxy) is 4. The topological polar surface area (TPSA) is 135 Å². The zero-order chi connectivity index (χ0) is 40.7. The molecule has 0 aliphatic carbocycles. The van der Waals surface area contributed by atoms with Gasteiger partial charge >= 0.3 is 5.97 Å². The molecule has 0 spiro atoms. The van der Waals surface area contributed by atoms with E-state index in [1.807, 2.05) is 0 Å². The van der Waals surface area contributed by atoms with Crippen molar-refractivity contribution < 1.29 is 44.2 Å². The molecule has 1 saturated heterocycles. The van der Waals surface area contributed by atoms with Crippen molar-refractivity contribution in [3.63, 3.8) is 0 Å². The van der Waals surface area contributed by atoms with Gasteiger partial charge in [0.1, 0.15) is 30.5 Å². The van der Waals surface area contributed by atoms with Crippen molar-refractivity contribution in [3.05, 3.63) is 72.9 Å². The maximum atomic E-state index is 12.7. The Bertz CT molecular complexity index is 1080. The van der Waals surface area contributed by atoms with Crippen molar-refractivity contribution in [1.29, 1.82) is 0 Å². The van der Waals surface area contributed by atoms with E-state index < -0.39 is 43.4 Å². The highest BCUT2D eigenvalue weighted by atomic mass is 16.7. The Kier molecular flexibility index (Phi) is 35.2. The van der Waals surface area contributed by atoms with E-state index in [9.17, 15) is 25.2 Å². The first-order valence-electron chi connectivity index (χ1n) is 22.0. The number of rotatable bonds is 36. The molecule has 0 bridgehead atoms. The molecule has 6 unspecified atom stereocenters. The van der Waals surface area contributed by atoms with E-state index in [-0.39, 0.29) is 19.2 Å². The second-order valence-corrected chi connectivity index (χ2v) is 14.8. The summed E-state index contributed by atoms with van der Waals surface area (Å²) in [6.07, 6.45) is 42.2. The Morgan fingerprint density at radius 1 is 0.589 bits per heavy atom. The molecule has 9 nitrogen and oxygen atoms in total. The Labute approximate surface area is 340 Å². The van der Waals surface area contributed by atoms with E-state index >= 15 is 0 Å².